The van der Waals surface area contributed by atoms with Crippen molar-refractivity contribution in [3.8, 4) is 0 Å². The van der Waals surface area contributed by atoms with Crippen LogP contribution in [0.15, 0.2) is 42.6 Å². The molecule has 1 heterocycles. The largest absolute Gasteiger partial charge is 0.307 e. The maximum absolute atomic E-state index is 11.5. The number of nitro benzene ring substituents is 1. The lowest BCUT2D eigenvalue weighted by Crippen LogP contribution is -2.08. The lowest BCUT2D eigenvalue weighted by molar-refractivity contribution is -0.385. The van der Waals surface area contributed by atoms with E-state index < -0.39 is 10.8 Å². The summed E-state index contributed by atoms with van der Waals surface area (Å²) in [6.07, 6.45) is 4.12. The lowest BCUT2D eigenvalue weighted by atomic mass is 10.1. The van der Waals surface area contributed by atoms with Crippen LogP contribution in [0, 0.1) is 10.1 Å². The van der Waals surface area contributed by atoms with Crippen LogP contribution in [0.25, 0.3) is 6.08 Å². The number of nitro groups is 1. The van der Waals surface area contributed by atoms with Crippen molar-refractivity contribution in [3.63, 3.8) is 0 Å². The Labute approximate surface area is 108 Å². The zero-order chi connectivity index (χ0) is 13.7. The normalized spacial score (nSPS) is 10.5. The van der Waals surface area contributed by atoms with Crippen molar-refractivity contribution >= 4 is 23.5 Å². The summed E-state index contributed by atoms with van der Waals surface area (Å²) in [4.78, 5) is 21.8. The molecule has 0 aliphatic carbocycles. The number of nitrogens with one attached hydrogen (secondary N) is 2. The highest BCUT2D eigenvalue weighted by Gasteiger charge is 2.09. The minimum atomic E-state index is -0.494. The molecule has 0 unspecified atom stereocenters. The highest BCUT2D eigenvalue weighted by atomic mass is 16.6. The number of aromatic amines is 1. The minimum absolute atomic E-state index is 0.0481. The maximum atomic E-state index is 11.5. The number of carbonyl (C=O) groups is 1. The Kier molecular flexibility index (Phi) is 3.67. The van der Waals surface area contributed by atoms with Crippen molar-refractivity contribution in [2.45, 2.75) is 0 Å². The van der Waals surface area contributed by atoms with Crippen LogP contribution in [0.3, 0.4) is 0 Å². The number of rotatable bonds is 4. The minimum Gasteiger partial charge on any atom is -0.307 e. The fraction of sp³-hybridized carbons (Fsp3) is 0. The van der Waals surface area contributed by atoms with Crippen LogP contribution < -0.4 is 5.32 Å². The summed E-state index contributed by atoms with van der Waals surface area (Å²) in [5, 5.41) is 19.6. The maximum Gasteiger partial charge on any atom is 0.276 e. The smallest absolute Gasteiger partial charge is 0.276 e. The molecule has 0 spiro atoms. The summed E-state index contributed by atoms with van der Waals surface area (Å²) in [5.74, 6) is 0.0552. The predicted octanol–water partition coefficient (Wildman–Crippen LogP) is 1.97. The molecule has 1 aromatic heterocycles. The van der Waals surface area contributed by atoms with Gasteiger partial charge in [0.05, 0.1) is 16.7 Å². The van der Waals surface area contributed by atoms with Gasteiger partial charge in [0.2, 0.25) is 5.91 Å². The molecule has 96 valence electrons. The first kappa shape index (κ1) is 12.5. The zero-order valence-electron chi connectivity index (χ0n) is 9.74. The molecule has 7 heteroatoms. The number of hydrogen-bond acceptors (Lipinski definition) is 4. The van der Waals surface area contributed by atoms with Crippen molar-refractivity contribution in [2.24, 2.45) is 0 Å². The van der Waals surface area contributed by atoms with Gasteiger partial charge in [0.15, 0.2) is 0 Å². The van der Waals surface area contributed by atoms with Crippen LogP contribution in [-0.4, -0.2) is 21.0 Å². The van der Waals surface area contributed by atoms with Crippen molar-refractivity contribution in [1.29, 1.82) is 0 Å². The summed E-state index contributed by atoms with van der Waals surface area (Å²) in [7, 11) is 0. The molecule has 0 radical (unpaired) electrons. The van der Waals surface area contributed by atoms with E-state index in [9.17, 15) is 14.9 Å². The second kappa shape index (κ2) is 5.58. The van der Waals surface area contributed by atoms with Crippen LogP contribution in [0.5, 0.6) is 0 Å². The molecule has 0 atom stereocenters. The first-order valence-electron chi connectivity index (χ1n) is 5.38. The van der Waals surface area contributed by atoms with E-state index in [0.717, 1.165) is 0 Å². The quantitative estimate of drug-likeness (QED) is 0.497. The number of carbonyl (C=O) groups excluding carboxylic acids is 1. The molecule has 19 heavy (non-hydrogen) atoms. The monoisotopic (exact) mass is 258 g/mol. The highest BCUT2D eigenvalue weighted by Crippen LogP contribution is 2.18. The molecule has 0 aliphatic heterocycles. The van der Waals surface area contributed by atoms with E-state index in [1.165, 1.54) is 24.4 Å². The standard InChI is InChI=1S/C12H10N4O3/c17-12(14-11-7-8-13-15-11)6-5-9-3-1-2-4-10(9)16(18)19/h1-8H,(H2,13,14,15,17). The molecule has 1 amide bonds. The second-order valence-electron chi connectivity index (χ2n) is 3.61. The van der Waals surface area contributed by atoms with E-state index in [2.05, 4.69) is 15.5 Å². The number of anilines is 1. The van der Waals surface area contributed by atoms with E-state index in [1.807, 2.05) is 0 Å². The summed E-state index contributed by atoms with van der Waals surface area (Å²) in [6, 6.07) is 7.78. The Morgan fingerprint density at radius 3 is 2.84 bits per heavy atom. The van der Waals surface area contributed by atoms with Gasteiger partial charge in [0.25, 0.3) is 5.69 Å². The lowest BCUT2D eigenvalue weighted by Gasteiger charge is -1.98. The topological polar surface area (TPSA) is 101 Å². The van der Waals surface area contributed by atoms with Crippen LogP contribution in [0.2, 0.25) is 0 Å². The molecule has 1 aromatic carbocycles. The third-order valence-corrected chi connectivity index (χ3v) is 2.31. The van der Waals surface area contributed by atoms with Gasteiger partial charge < -0.3 is 5.32 Å². The summed E-state index contributed by atoms with van der Waals surface area (Å²) >= 11 is 0. The number of aromatic nitrogens is 2. The van der Waals surface area contributed by atoms with Gasteiger partial charge in [-0.3, -0.25) is 20.0 Å². The fourth-order valence-electron chi connectivity index (χ4n) is 1.46. The first-order chi connectivity index (χ1) is 9.16. The van der Waals surface area contributed by atoms with Crippen LogP contribution in [0.1, 0.15) is 5.56 Å². The number of amides is 1. The molecule has 0 fully saturated rings. The highest BCUT2D eigenvalue weighted by molar-refractivity contribution is 6.01. The number of para-hydroxylation sites is 1. The molecule has 0 bridgehead atoms. The number of H-pyrrole nitrogens is 1. The average molecular weight is 258 g/mol. The Morgan fingerprint density at radius 2 is 2.16 bits per heavy atom. The van der Waals surface area contributed by atoms with Crippen molar-refractivity contribution in [3.05, 3.63) is 58.3 Å². The molecule has 0 saturated heterocycles. The van der Waals surface area contributed by atoms with Crippen LogP contribution >= 0.6 is 0 Å². The van der Waals surface area contributed by atoms with Gasteiger partial charge in [0.1, 0.15) is 5.82 Å². The SMILES string of the molecule is O=C(C=Cc1ccccc1[N+](=O)[O-])Nc1ccn[nH]1. The molecule has 2 rings (SSSR count). The van der Waals surface area contributed by atoms with Gasteiger partial charge in [-0.15, -0.1) is 0 Å². The van der Waals surface area contributed by atoms with Gasteiger partial charge in [-0.25, -0.2) is 0 Å². The third kappa shape index (κ3) is 3.25. The van der Waals surface area contributed by atoms with E-state index >= 15 is 0 Å². The number of nitrogens with zero attached hydrogens (tertiary/aromatic N) is 2. The Morgan fingerprint density at radius 1 is 1.37 bits per heavy atom. The molecular formula is C12H10N4O3. The molecule has 0 aliphatic rings. The van der Waals surface area contributed by atoms with E-state index in [-0.39, 0.29) is 5.69 Å². The molecule has 2 N–H and O–H groups in total. The van der Waals surface area contributed by atoms with Gasteiger partial charge in [0, 0.05) is 18.2 Å². The molecule has 2 aromatic rings. The molecule has 7 nitrogen and oxygen atoms in total. The zero-order valence-corrected chi connectivity index (χ0v) is 9.74. The van der Waals surface area contributed by atoms with Crippen molar-refractivity contribution in [1.82, 2.24) is 10.2 Å². The Balaban J connectivity index is 2.10. The summed E-state index contributed by atoms with van der Waals surface area (Å²) in [5.41, 5.74) is 0.320. The predicted molar refractivity (Wildman–Crippen MR) is 69.3 cm³/mol. The second-order valence-corrected chi connectivity index (χ2v) is 3.61. The van der Waals surface area contributed by atoms with Gasteiger partial charge >= 0.3 is 0 Å². The Hall–Kier alpha value is -2.96. The Bertz CT molecular complexity index is 620. The fourth-order valence-corrected chi connectivity index (χ4v) is 1.46. The average Bonchev–Trinajstić information content (AvgIpc) is 2.89. The van der Waals surface area contributed by atoms with Crippen LogP contribution in [0.4, 0.5) is 11.5 Å². The number of benzene rings is 1. The van der Waals surface area contributed by atoms with E-state index in [0.29, 0.717) is 11.4 Å². The van der Waals surface area contributed by atoms with E-state index in [4.69, 9.17) is 0 Å². The van der Waals surface area contributed by atoms with Gasteiger partial charge in [-0.2, -0.15) is 5.10 Å². The van der Waals surface area contributed by atoms with Crippen LogP contribution in [-0.2, 0) is 4.79 Å². The molecule has 0 saturated carbocycles. The summed E-state index contributed by atoms with van der Waals surface area (Å²) in [6.45, 7) is 0. The van der Waals surface area contributed by atoms with Gasteiger partial charge in [-0.05, 0) is 12.1 Å². The first-order valence-corrected chi connectivity index (χ1v) is 5.38. The molecular weight excluding hydrogens is 248 g/mol. The van der Waals surface area contributed by atoms with E-state index in [1.54, 1.807) is 24.3 Å². The van der Waals surface area contributed by atoms with Gasteiger partial charge in [-0.1, -0.05) is 12.1 Å². The number of hydrogen-bond donors (Lipinski definition) is 2. The van der Waals surface area contributed by atoms with Crippen molar-refractivity contribution in [2.75, 3.05) is 5.32 Å². The van der Waals surface area contributed by atoms with Crippen molar-refractivity contribution < 1.29 is 9.72 Å². The third-order valence-electron chi connectivity index (χ3n) is 2.31. The summed E-state index contributed by atoms with van der Waals surface area (Å²) < 4.78 is 0.